The molecule has 3 heteroatoms. The summed E-state index contributed by atoms with van der Waals surface area (Å²) in [6, 6.07) is -0.361. The highest BCUT2D eigenvalue weighted by atomic mass is 16.1. The fourth-order valence-electron chi connectivity index (χ4n) is 2.14. The molecular weight excluding hydrogens is 224 g/mol. The summed E-state index contributed by atoms with van der Waals surface area (Å²) in [7, 11) is 0. The number of ketones is 1. The highest BCUT2D eigenvalue weighted by molar-refractivity contribution is 5.83. The summed E-state index contributed by atoms with van der Waals surface area (Å²) in [6.07, 6.45) is 9.73. The Morgan fingerprint density at radius 1 is 1.39 bits per heavy atom. The predicted octanol–water partition coefficient (Wildman–Crippen LogP) is 1.24. The molecule has 2 rings (SSSR count). The molecule has 0 aliphatic heterocycles. The SMILES string of the molecule is CC.CCC(=O)C(N)Cc1c[nH]c2c1=CCCC=2. The first-order valence-corrected chi connectivity index (χ1v) is 6.87. The zero-order chi connectivity index (χ0) is 13.5. The molecule has 1 aliphatic carbocycles. The summed E-state index contributed by atoms with van der Waals surface area (Å²) in [6.45, 7) is 5.86. The van der Waals surface area contributed by atoms with E-state index in [9.17, 15) is 4.79 Å². The first-order chi connectivity index (χ1) is 8.72. The number of aromatic amines is 1. The van der Waals surface area contributed by atoms with Gasteiger partial charge in [-0.2, -0.15) is 0 Å². The molecule has 0 spiro atoms. The molecule has 0 fully saturated rings. The normalized spacial score (nSPS) is 14.4. The first-order valence-electron chi connectivity index (χ1n) is 6.87. The van der Waals surface area contributed by atoms with Gasteiger partial charge in [0.25, 0.3) is 0 Å². The third-order valence-electron chi connectivity index (χ3n) is 3.10. The van der Waals surface area contributed by atoms with Gasteiger partial charge in [-0.25, -0.2) is 0 Å². The average Bonchev–Trinajstić information content (AvgIpc) is 2.83. The Hall–Kier alpha value is -1.35. The third kappa shape index (κ3) is 3.33. The van der Waals surface area contributed by atoms with Crippen LogP contribution in [-0.4, -0.2) is 16.8 Å². The Bertz CT molecular complexity index is 499. The van der Waals surface area contributed by atoms with Gasteiger partial charge in [-0.15, -0.1) is 0 Å². The van der Waals surface area contributed by atoms with Crippen molar-refractivity contribution in [2.75, 3.05) is 0 Å². The predicted molar refractivity (Wildman–Crippen MR) is 76.5 cm³/mol. The number of carbonyl (C=O) groups is 1. The average molecular weight is 248 g/mol. The summed E-state index contributed by atoms with van der Waals surface area (Å²) in [5, 5.41) is 2.42. The van der Waals surface area contributed by atoms with Crippen LogP contribution in [0.25, 0.3) is 12.2 Å². The van der Waals surface area contributed by atoms with Crippen molar-refractivity contribution in [3.8, 4) is 0 Å². The van der Waals surface area contributed by atoms with E-state index in [0.717, 1.165) is 12.8 Å². The van der Waals surface area contributed by atoms with E-state index in [1.807, 2.05) is 27.0 Å². The molecule has 0 saturated heterocycles. The molecular formula is C15H24N2O. The number of fused-ring (bicyclic) bond motifs is 1. The quantitative estimate of drug-likeness (QED) is 0.842. The maximum absolute atomic E-state index is 11.5. The number of hydrogen-bond acceptors (Lipinski definition) is 2. The number of aromatic nitrogens is 1. The van der Waals surface area contributed by atoms with Crippen LogP contribution in [0.3, 0.4) is 0 Å². The minimum absolute atomic E-state index is 0.134. The molecule has 0 bridgehead atoms. The van der Waals surface area contributed by atoms with Crippen LogP contribution in [0.4, 0.5) is 0 Å². The number of nitrogens with two attached hydrogens (primary N) is 1. The molecule has 3 N–H and O–H groups in total. The highest BCUT2D eigenvalue weighted by Gasteiger charge is 2.13. The molecule has 0 saturated carbocycles. The molecule has 1 unspecified atom stereocenters. The van der Waals surface area contributed by atoms with E-state index >= 15 is 0 Å². The summed E-state index contributed by atoms with van der Waals surface area (Å²) >= 11 is 0. The van der Waals surface area contributed by atoms with Crippen LogP contribution in [0.15, 0.2) is 6.20 Å². The van der Waals surface area contributed by atoms with Crippen molar-refractivity contribution < 1.29 is 4.79 Å². The molecule has 100 valence electrons. The van der Waals surface area contributed by atoms with E-state index in [1.165, 1.54) is 16.1 Å². The van der Waals surface area contributed by atoms with Gasteiger partial charge in [-0.1, -0.05) is 32.9 Å². The molecule has 1 heterocycles. The van der Waals surface area contributed by atoms with E-state index in [2.05, 4.69) is 17.1 Å². The van der Waals surface area contributed by atoms with Crippen LogP contribution >= 0.6 is 0 Å². The molecule has 1 aromatic heterocycles. The van der Waals surface area contributed by atoms with Gasteiger partial charge in [0, 0.05) is 18.0 Å². The monoisotopic (exact) mass is 248 g/mol. The molecule has 0 radical (unpaired) electrons. The molecule has 18 heavy (non-hydrogen) atoms. The number of H-pyrrole nitrogens is 1. The van der Waals surface area contributed by atoms with Crippen molar-refractivity contribution in [2.45, 2.75) is 52.5 Å². The van der Waals surface area contributed by atoms with Gasteiger partial charge in [0.1, 0.15) is 5.78 Å². The summed E-state index contributed by atoms with van der Waals surface area (Å²) in [4.78, 5) is 14.7. The number of carbonyl (C=O) groups excluding carboxylic acids is 1. The molecule has 3 nitrogen and oxygen atoms in total. The topological polar surface area (TPSA) is 58.9 Å². The van der Waals surface area contributed by atoms with Crippen molar-refractivity contribution in [3.63, 3.8) is 0 Å². The van der Waals surface area contributed by atoms with E-state index in [4.69, 9.17) is 5.73 Å². The summed E-state index contributed by atoms with van der Waals surface area (Å²) in [5.41, 5.74) is 7.03. The molecule has 0 amide bonds. The van der Waals surface area contributed by atoms with E-state index in [0.29, 0.717) is 12.8 Å². The lowest BCUT2D eigenvalue weighted by Gasteiger charge is -2.08. The number of hydrogen-bond donors (Lipinski definition) is 2. The lowest BCUT2D eigenvalue weighted by atomic mass is 10.0. The molecule has 1 atom stereocenters. The Balaban J connectivity index is 0.000000771. The van der Waals surface area contributed by atoms with Crippen LogP contribution in [0.5, 0.6) is 0 Å². The van der Waals surface area contributed by atoms with Crippen molar-refractivity contribution in [2.24, 2.45) is 5.73 Å². The fraction of sp³-hybridized carbons (Fsp3) is 0.533. The van der Waals surface area contributed by atoms with Gasteiger partial charge in [-0.3, -0.25) is 4.79 Å². The van der Waals surface area contributed by atoms with Gasteiger partial charge in [0.15, 0.2) is 0 Å². The zero-order valence-electron chi connectivity index (χ0n) is 11.6. The second-order valence-corrected chi connectivity index (χ2v) is 4.26. The van der Waals surface area contributed by atoms with Crippen LogP contribution in [0.1, 0.15) is 45.6 Å². The van der Waals surface area contributed by atoms with Gasteiger partial charge < -0.3 is 10.7 Å². The Morgan fingerprint density at radius 2 is 2.06 bits per heavy atom. The van der Waals surface area contributed by atoms with E-state index in [1.54, 1.807) is 0 Å². The van der Waals surface area contributed by atoms with Crippen molar-refractivity contribution in [3.05, 3.63) is 22.3 Å². The van der Waals surface area contributed by atoms with Gasteiger partial charge in [0.05, 0.1) is 6.04 Å². The number of Topliss-reactive ketones (excluding diaryl/α,β-unsaturated/α-hetero) is 1. The lowest BCUT2D eigenvalue weighted by molar-refractivity contribution is -0.119. The van der Waals surface area contributed by atoms with Gasteiger partial charge >= 0.3 is 0 Å². The smallest absolute Gasteiger partial charge is 0.149 e. The minimum atomic E-state index is -0.361. The standard InChI is InChI=1S/C13H18N2O.C2H6/c1-2-13(16)11(14)7-9-8-15-12-6-4-3-5-10(9)12;1-2/h5-6,8,11,15H,2-4,7,14H2,1H3;1-2H3. The first kappa shape index (κ1) is 14.7. The second kappa shape index (κ2) is 7.17. The van der Waals surface area contributed by atoms with Crippen LogP contribution in [0, 0.1) is 0 Å². The van der Waals surface area contributed by atoms with Gasteiger partial charge in [0.2, 0.25) is 0 Å². The largest absolute Gasteiger partial charge is 0.361 e. The van der Waals surface area contributed by atoms with Gasteiger partial charge in [-0.05, 0) is 30.0 Å². The molecule has 0 aromatic carbocycles. The Labute approximate surface area is 109 Å². The van der Waals surface area contributed by atoms with Crippen LogP contribution < -0.4 is 16.3 Å². The molecule has 1 aromatic rings. The van der Waals surface area contributed by atoms with Crippen molar-refractivity contribution in [1.82, 2.24) is 4.98 Å². The Kier molecular flexibility index (Phi) is 5.86. The maximum atomic E-state index is 11.5. The Morgan fingerprint density at radius 3 is 2.72 bits per heavy atom. The summed E-state index contributed by atoms with van der Waals surface area (Å²) in [5.74, 6) is 0.134. The number of nitrogens with one attached hydrogen (secondary N) is 1. The van der Waals surface area contributed by atoms with Crippen LogP contribution in [0.2, 0.25) is 0 Å². The van der Waals surface area contributed by atoms with E-state index in [-0.39, 0.29) is 11.8 Å². The minimum Gasteiger partial charge on any atom is -0.361 e. The zero-order valence-corrected chi connectivity index (χ0v) is 11.6. The third-order valence-corrected chi connectivity index (χ3v) is 3.10. The summed E-state index contributed by atoms with van der Waals surface area (Å²) < 4.78 is 0. The number of rotatable bonds is 4. The fourth-order valence-corrected chi connectivity index (χ4v) is 2.14. The lowest BCUT2D eigenvalue weighted by Crippen LogP contribution is -2.35. The highest BCUT2D eigenvalue weighted by Crippen LogP contribution is 2.01. The molecule has 1 aliphatic rings. The second-order valence-electron chi connectivity index (χ2n) is 4.26. The van der Waals surface area contributed by atoms with E-state index < -0.39 is 0 Å². The van der Waals surface area contributed by atoms with Crippen LogP contribution in [-0.2, 0) is 11.2 Å². The van der Waals surface area contributed by atoms with Crippen molar-refractivity contribution >= 4 is 17.9 Å². The van der Waals surface area contributed by atoms with Crippen molar-refractivity contribution in [1.29, 1.82) is 0 Å². The maximum Gasteiger partial charge on any atom is 0.149 e.